The van der Waals surface area contributed by atoms with Gasteiger partial charge in [0, 0.05) is 24.7 Å². The normalized spacial score (nSPS) is 21.0. The molecule has 3 amide bonds. The van der Waals surface area contributed by atoms with Gasteiger partial charge in [0.1, 0.15) is 6.42 Å². The van der Waals surface area contributed by atoms with Crippen LogP contribution in [0.2, 0.25) is 5.02 Å². The van der Waals surface area contributed by atoms with Crippen LogP contribution in [0.3, 0.4) is 0 Å². The number of hydrogen-bond acceptors (Lipinski definition) is 6. The predicted octanol–water partition coefficient (Wildman–Crippen LogP) is 2.27. The van der Waals surface area contributed by atoms with E-state index < -0.39 is 11.1 Å². The van der Waals surface area contributed by atoms with Gasteiger partial charge in [0.2, 0.25) is 5.91 Å². The topological polar surface area (TPSA) is 102 Å². The Balaban J connectivity index is 1.82. The van der Waals surface area contributed by atoms with Gasteiger partial charge in [0.15, 0.2) is 0 Å². The summed E-state index contributed by atoms with van der Waals surface area (Å²) in [6.07, 6.45) is 2.21. The van der Waals surface area contributed by atoms with Gasteiger partial charge >= 0.3 is 0 Å². The molecule has 1 aromatic carbocycles. The molecule has 2 aliphatic heterocycles. The fourth-order valence-corrected chi connectivity index (χ4v) is 3.95. The maximum absolute atomic E-state index is 11.8. The van der Waals surface area contributed by atoms with Crippen LogP contribution < -0.4 is 15.5 Å². The summed E-state index contributed by atoms with van der Waals surface area (Å²) in [4.78, 5) is 37.1. The highest BCUT2D eigenvalue weighted by Gasteiger charge is 2.28. The molecule has 0 saturated carbocycles. The fraction of sp³-hybridized carbons (Fsp3) is 0.294. The quantitative estimate of drug-likeness (QED) is 0.764. The summed E-state index contributed by atoms with van der Waals surface area (Å²) in [5.41, 5.74) is 1.49. The Bertz CT molecular complexity index is 849. The van der Waals surface area contributed by atoms with Crippen molar-refractivity contribution in [3.05, 3.63) is 33.7 Å². The molecule has 0 radical (unpaired) electrons. The molecule has 1 atom stereocenters. The molecule has 2 N–H and O–H groups in total. The third-order valence-corrected chi connectivity index (χ3v) is 5.17. The second kappa shape index (κ2) is 7.81. The number of nitrogens with one attached hydrogen (secondary N) is 2. The first kappa shape index (κ1) is 18.3. The second-order valence-corrected chi connectivity index (χ2v) is 7.29. The highest BCUT2D eigenvalue weighted by atomic mass is 35.5. The molecule has 134 valence electrons. The van der Waals surface area contributed by atoms with Crippen LogP contribution in [0.4, 0.5) is 10.5 Å². The van der Waals surface area contributed by atoms with Gasteiger partial charge < -0.3 is 10.2 Å². The molecular weight excluding hydrogens is 376 g/mol. The Labute approximate surface area is 159 Å². The van der Waals surface area contributed by atoms with Gasteiger partial charge in [-0.05, 0) is 30.3 Å². The summed E-state index contributed by atoms with van der Waals surface area (Å²) in [7, 11) is 0. The second-order valence-electron chi connectivity index (χ2n) is 5.86. The molecule has 9 heteroatoms. The lowest BCUT2D eigenvalue weighted by Gasteiger charge is -2.22. The molecule has 2 aliphatic rings. The van der Waals surface area contributed by atoms with Crippen LogP contribution in [-0.2, 0) is 9.59 Å². The number of imide groups is 1. The number of thioether (sulfide) groups is 1. The summed E-state index contributed by atoms with van der Waals surface area (Å²) in [5.74, 6) is -0.715. The smallest absolute Gasteiger partial charge is 0.290 e. The number of halogens is 1. The molecule has 2 saturated heterocycles. The molecule has 1 aromatic rings. The van der Waals surface area contributed by atoms with Crippen molar-refractivity contribution in [1.82, 2.24) is 10.6 Å². The van der Waals surface area contributed by atoms with E-state index in [-0.39, 0.29) is 18.4 Å². The number of amides is 3. The number of benzene rings is 1. The van der Waals surface area contributed by atoms with Crippen LogP contribution >= 0.6 is 23.4 Å². The average molecular weight is 391 g/mol. The zero-order valence-corrected chi connectivity index (χ0v) is 15.2. The molecule has 7 nitrogen and oxygen atoms in total. The molecule has 0 bridgehead atoms. The molecule has 0 unspecified atom stereocenters. The van der Waals surface area contributed by atoms with Crippen molar-refractivity contribution in [2.24, 2.45) is 0 Å². The van der Waals surface area contributed by atoms with Crippen molar-refractivity contribution in [2.45, 2.75) is 18.9 Å². The van der Waals surface area contributed by atoms with Gasteiger partial charge in [-0.3, -0.25) is 19.7 Å². The summed E-state index contributed by atoms with van der Waals surface area (Å²) in [5, 5.41) is 13.8. The van der Waals surface area contributed by atoms with Crippen molar-refractivity contribution in [3.8, 4) is 6.07 Å². The first-order valence-electron chi connectivity index (χ1n) is 7.92. The highest BCUT2D eigenvalue weighted by molar-refractivity contribution is 8.18. The Kier molecular flexibility index (Phi) is 5.49. The minimum Gasteiger partial charge on any atom is -0.368 e. The van der Waals surface area contributed by atoms with Crippen molar-refractivity contribution in [2.75, 3.05) is 18.0 Å². The predicted molar refractivity (Wildman–Crippen MR) is 99.5 cm³/mol. The molecule has 26 heavy (non-hydrogen) atoms. The Hall–Kier alpha value is -2.50. The van der Waals surface area contributed by atoms with Crippen LogP contribution in [0.15, 0.2) is 23.1 Å². The van der Waals surface area contributed by atoms with Gasteiger partial charge in [-0.15, -0.1) is 0 Å². The number of carbonyl (C=O) groups excluding carboxylic acids is 3. The third kappa shape index (κ3) is 4.00. The number of hydrogen-bond donors (Lipinski definition) is 2. The molecule has 0 spiro atoms. The number of nitriles is 1. The Morgan fingerprint density at radius 3 is 3.00 bits per heavy atom. The number of nitrogens with zero attached hydrogens (tertiary/aromatic N) is 2. The van der Waals surface area contributed by atoms with E-state index in [0.29, 0.717) is 23.0 Å². The van der Waals surface area contributed by atoms with Gasteiger partial charge in [-0.2, -0.15) is 5.26 Å². The SMILES string of the molecule is N#CCC(=O)N[C@H]1CCN(c2c(Cl)cccc2/C=C2\SC(=O)NC2=O)C1. The molecule has 3 rings (SSSR count). The largest absolute Gasteiger partial charge is 0.368 e. The number of rotatable bonds is 4. The minimum absolute atomic E-state index is 0.0710. The number of para-hydroxylation sites is 1. The standard InChI is InChI=1S/C17H15ClN4O3S/c18-12-3-1-2-10(8-13-16(24)21-17(25)26-13)15(12)22-7-5-11(9-22)20-14(23)4-6-19/h1-3,8,11H,4-5,7,9H2,(H,20,23)(H,21,24,25)/b13-8-/t11-/m0/s1. The first-order chi connectivity index (χ1) is 12.5. The van der Waals surface area contributed by atoms with Crippen LogP contribution in [-0.4, -0.2) is 36.2 Å². The van der Waals surface area contributed by atoms with Gasteiger partial charge in [-0.1, -0.05) is 23.7 Å². The molecular formula is C17H15ClN4O3S. The lowest BCUT2D eigenvalue weighted by Crippen LogP contribution is -2.36. The van der Waals surface area contributed by atoms with E-state index in [4.69, 9.17) is 16.9 Å². The van der Waals surface area contributed by atoms with Crippen LogP contribution in [0.5, 0.6) is 0 Å². The van der Waals surface area contributed by atoms with Crippen molar-refractivity contribution in [3.63, 3.8) is 0 Å². The highest BCUT2D eigenvalue weighted by Crippen LogP contribution is 2.36. The van der Waals surface area contributed by atoms with E-state index in [1.807, 2.05) is 17.0 Å². The Morgan fingerprint density at radius 1 is 1.50 bits per heavy atom. The van der Waals surface area contributed by atoms with Crippen LogP contribution in [0.1, 0.15) is 18.4 Å². The summed E-state index contributed by atoms with van der Waals surface area (Å²) in [6, 6.07) is 7.12. The first-order valence-corrected chi connectivity index (χ1v) is 9.12. The van der Waals surface area contributed by atoms with E-state index in [1.54, 1.807) is 18.2 Å². The van der Waals surface area contributed by atoms with Gasteiger partial charge in [0.25, 0.3) is 11.1 Å². The molecule has 0 aliphatic carbocycles. The maximum Gasteiger partial charge on any atom is 0.290 e. The lowest BCUT2D eigenvalue weighted by atomic mass is 10.1. The fourth-order valence-electron chi connectivity index (χ4n) is 2.98. The maximum atomic E-state index is 11.8. The van der Waals surface area contributed by atoms with Gasteiger partial charge in [-0.25, -0.2) is 0 Å². The summed E-state index contributed by atoms with van der Waals surface area (Å²) in [6.45, 7) is 1.23. The number of carbonyl (C=O) groups is 3. The molecule has 2 heterocycles. The van der Waals surface area contributed by atoms with Crippen LogP contribution in [0, 0.1) is 11.3 Å². The molecule has 2 fully saturated rings. The van der Waals surface area contributed by atoms with Crippen molar-refractivity contribution in [1.29, 1.82) is 5.26 Å². The summed E-state index contributed by atoms with van der Waals surface area (Å²) >= 11 is 7.24. The third-order valence-electron chi connectivity index (χ3n) is 4.06. The minimum atomic E-state index is -0.422. The van der Waals surface area contributed by atoms with Gasteiger partial charge in [0.05, 0.1) is 21.7 Å². The van der Waals surface area contributed by atoms with Crippen molar-refractivity contribution < 1.29 is 14.4 Å². The van der Waals surface area contributed by atoms with E-state index in [1.165, 1.54) is 0 Å². The van der Waals surface area contributed by atoms with E-state index in [0.717, 1.165) is 29.4 Å². The lowest BCUT2D eigenvalue weighted by molar-refractivity contribution is -0.120. The zero-order chi connectivity index (χ0) is 18.7. The number of anilines is 1. The van der Waals surface area contributed by atoms with E-state index in [9.17, 15) is 14.4 Å². The summed E-state index contributed by atoms with van der Waals surface area (Å²) < 4.78 is 0. The van der Waals surface area contributed by atoms with Crippen molar-refractivity contribution >= 4 is 52.2 Å². The monoisotopic (exact) mass is 390 g/mol. The zero-order valence-electron chi connectivity index (χ0n) is 13.6. The average Bonchev–Trinajstić information content (AvgIpc) is 3.14. The molecule has 0 aromatic heterocycles. The Morgan fingerprint density at radius 2 is 2.31 bits per heavy atom. The van der Waals surface area contributed by atoms with E-state index in [2.05, 4.69) is 10.6 Å². The van der Waals surface area contributed by atoms with Crippen LogP contribution in [0.25, 0.3) is 6.08 Å². The van der Waals surface area contributed by atoms with E-state index >= 15 is 0 Å².